The predicted molar refractivity (Wildman–Crippen MR) is 55.9 cm³/mol. The van der Waals surface area contributed by atoms with Gasteiger partial charge in [0, 0.05) is 19.7 Å². The molecule has 0 aliphatic carbocycles. The van der Waals surface area contributed by atoms with Gasteiger partial charge in [0.15, 0.2) is 0 Å². The molecule has 1 amide bonds. The third-order valence-corrected chi connectivity index (χ3v) is 3.29. The van der Waals surface area contributed by atoms with Crippen molar-refractivity contribution in [3.63, 3.8) is 0 Å². The number of rotatable bonds is 2. The van der Waals surface area contributed by atoms with E-state index in [-0.39, 0.29) is 12.0 Å². The van der Waals surface area contributed by atoms with Gasteiger partial charge in [0.1, 0.15) is 6.10 Å². The molecule has 2 aliphatic heterocycles. The van der Waals surface area contributed by atoms with E-state index in [0.717, 1.165) is 19.3 Å². The Morgan fingerprint density at radius 3 is 2.69 bits per heavy atom. The van der Waals surface area contributed by atoms with Crippen molar-refractivity contribution < 1.29 is 19.4 Å². The molecule has 2 heterocycles. The minimum atomic E-state index is -0.801. The highest BCUT2D eigenvalue weighted by molar-refractivity contribution is 5.82. The highest BCUT2D eigenvalue weighted by atomic mass is 16.5. The molecular formula is C11H17NO4. The maximum atomic E-state index is 12.0. The number of carboxylic acid groups (broad SMARTS) is 1. The van der Waals surface area contributed by atoms with Gasteiger partial charge in [-0.3, -0.25) is 9.59 Å². The first-order valence-electron chi connectivity index (χ1n) is 5.81. The van der Waals surface area contributed by atoms with Gasteiger partial charge in [-0.15, -0.1) is 0 Å². The zero-order valence-corrected chi connectivity index (χ0v) is 9.22. The zero-order valence-electron chi connectivity index (χ0n) is 9.22. The summed E-state index contributed by atoms with van der Waals surface area (Å²) in [6.45, 7) is 1.66. The lowest BCUT2D eigenvalue weighted by molar-refractivity contribution is -0.149. The Bertz CT molecular complexity index is 286. The van der Waals surface area contributed by atoms with E-state index in [1.165, 1.54) is 0 Å². The van der Waals surface area contributed by atoms with Crippen LogP contribution >= 0.6 is 0 Å². The molecule has 2 atom stereocenters. The Labute approximate surface area is 94.4 Å². The van der Waals surface area contributed by atoms with E-state index < -0.39 is 11.9 Å². The third-order valence-electron chi connectivity index (χ3n) is 3.29. The number of likely N-dealkylation sites (tertiary alicyclic amines) is 1. The average molecular weight is 227 g/mol. The van der Waals surface area contributed by atoms with Crippen LogP contribution in [0.15, 0.2) is 0 Å². The fourth-order valence-corrected chi connectivity index (χ4v) is 2.35. The molecule has 16 heavy (non-hydrogen) atoms. The SMILES string of the molecule is O=C(O)C1CCCN(C(=O)[C@H]2CCCO2)C1. The Morgan fingerprint density at radius 1 is 1.25 bits per heavy atom. The van der Waals surface area contributed by atoms with E-state index in [1.807, 2.05) is 0 Å². The maximum Gasteiger partial charge on any atom is 0.308 e. The molecule has 2 rings (SSSR count). The summed E-state index contributed by atoms with van der Waals surface area (Å²) >= 11 is 0. The molecule has 1 unspecified atom stereocenters. The maximum absolute atomic E-state index is 12.0. The molecular weight excluding hydrogens is 210 g/mol. The first-order valence-corrected chi connectivity index (χ1v) is 5.81. The van der Waals surface area contributed by atoms with Gasteiger partial charge in [0.25, 0.3) is 5.91 Å². The monoisotopic (exact) mass is 227 g/mol. The fourth-order valence-electron chi connectivity index (χ4n) is 2.35. The molecule has 0 aromatic heterocycles. The minimum Gasteiger partial charge on any atom is -0.481 e. The Morgan fingerprint density at radius 2 is 2.06 bits per heavy atom. The van der Waals surface area contributed by atoms with Crippen molar-refractivity contribution in [2.45, 2.75) is 31.8 Å². The molecule has 90 valence electrons. The van der Waals surface area contributed by atoms with E-state index in [2.05, 4.69) is 0 Å². The van der Waals surface area contributed by atoms with E-state index in [0.29, 0.717) is 26.1 Å². The highest BCUT2D eigenvalue weighted by Crippen LogP contribution is 2.21. The van der Waals surface area contributed by atoms with Gasteiger partial charge in [-0.05, 0) is 25.7 Å². The number of ether oxygens (including phenoxy) is 1. The van der Waals surface area contributed by atoms with Crippen molar-refractivity contribution in [3.8, 4) is 0 Å². The van der Waals surface area contributed by atoms with Gasteiger partial charge in [-0.25, -0.2) is 0 Å². The standard InChI is InChI=1S/C11H17NO4/c13-10(9-4-2-6-16-9)12-5-1-3-8(7-12)11(14)15/h8-9H,1-7H2,(H,14,15)/t8?,9-/m1/s1. The van der Waals surface area contributed by atoms with Crippen LogP contribution in [0.25, 0.3) is 0 Å². The molecule has 2 saturated heterocycles. The average Bonchev–Trinajstić information content (AvgIpc) is 2.81. The minimum absolute atomic E-state index is 0.0246. The molecule has 1 N–H and O–H groups in total. The number of amides is 1. The number of carbonyl (C=O) groups excluding carboxylic acids is 1. The van der Waals surface area contributed by atoms with Crippen LogP contribution in [-0.4, -0.2) is 47.7 Å². The van der Waals surface area contributed by atoms with Crippen molar-refractivity contribution in [1.82, 2.24) is 4.90 Å². The topological polar surface area (TPSA) is 66.8 Å². The van der Waals surface area contributed by atoms with Gasteiger partial charge in [-0.1, -0.05) is 0 Å². The van der Waals surface area contributed by atoms with Crippen molar-refractivity contribution in [1.29, 1.82) is 0 Å². The van der Waals surface area contributed by atoms with Crippen LogP contribution in [-0.2, 0) is 14.3 Å². The Balaban J connectivity index is 1.93. The third kappa shape index (κ3) is 2.35. The number of carbonyl (C=O) groups is 2. The lowest BCUT2D eigenvalue weighted by Gasteiger charge is -2.32. The fraction of sp³-hybridized carbons (Fsp3) is 0.818. The molecule has 5 nitrogen and oxygen atoms in total. The quantitative estimate of drug-likeness (QED) is 0.745. The second-order valence-corrected chi connectivity index (χ2v) is 4.46. The summed E-state index contributed by atoms with van der Waals surface area (Å²) in [5, 5.41) is 8.93. The van der Waals surface area contributed by atoms with E-state index >= 15 is 0 Å². The molecule has 0 bridgehead atoms. The molecule has 2 aliphatic rings. The van der Waals surface area contributed by atoms with Crippen LogP contribution in [0.2, 0.25) is 0 Å². The predicted octanol–water partition coefficient (Wildman–Crippen LogP) is 0.489. The van der Waals surface area contributed by atoms with Crippen molar-refractivity contribution in [2.24, 2.45) is 5.92 Å². The normalized spacial score (nSPS) is 30.4. The highest BCUT2D eigenvalue weighted by Gasteiger charge is 2.33. The lowest BCUT2D eigenvalue weighted by atomic mass is 9.98. The second-order valence-electron chi connectivity index (χ2n) is 4.46. The summed E-state index contributed by atoms with van der Waals surface area (Å²) in [4.78, 5) is 24.5. The lowest BCUT2D eigenvalue weighted by Crippen LogP contribution is -2.46. The number of nitrogens with zero attached hydrogens (tertiary/aromatic N) is 1. The summed E-state index contributed by atoms with van der Waals surface area (Å²) in [7, 11) is 0. The molecule has 0 aromatic rings. The summed E-state index contributed by atoms with van der Waals surface area (Å²) < 4.78 is 5.33. The van der Waals surface area contributed by atoms with Crippen LogP contribution in [0, 0.1) is 5.92 Å². The van der Waals surface area contributed by atoms with Crippen molar-refractivity contribution in [2.75, 3.05) is 19.7 Å². The second kappa shape index (κ2) is 4.82. The molecule has 5 heteroatoms. The van der Waals surface area contributed by atoms with Crippen LogP contribution < -0.4 is 0 Å². The van der Waals surface area contributed by atoms with Gasteiger partial charge in [0.2, 0.25) is 0 Å². The number of hydrogen-bond acceptors (Lipinski definition) is 3. The Kier molecular flexibility index (Phi) is 3.43. The first kappa shape index (κ1) is 11.4. The van der Waals surface area contributed by atoms with Crippen LogP contribution in [0.4, 0.5) is 0 Å². The summed E-state index contributed by atoms with van der Waals surface area (Å²) in [6.07, 6.45) is 2.81. The number of hydrogen-bond donors (Lipinski definition) is 1. The molecule has 0 aromatic carbocycles. The van der Waals surface area contributed by atoms with Crippen LogP contribution in [0.3, 0.4) is 0 Å². The van der Waals surface area contributed by atoms with Crippen LogP contribution in [0.5, 0.6) is 0 Å². The number of carboxylic acids is 1. The van der Waals surface area contributed by atoms with Gasteiger partial charge >= 0.3 is 5.97 Å². The van der Waals surface area contributed by atoms with Gasteiger partial charge < -0.3 is 14.7 Å². The zero-order chi connectivity index (χ0) is 11.5. The summed E-state index contributed by atoms with van der Waals surface area (Å²) in [5.74, 6) is -1.23. The van der Waals surface area contributed by atoms with Crippen LogP contribution in [0.1, 0.15) is 25.7 Å². The molecule has 0 radical (unpaired) electrons. The number of piperidine rings is 1. The van der Waals surface area contributed by atoms with Crippen molar-refractivity contribution >= 4 is 11.9 Å². The van der Waals surface area contributed by atoms with E-state index in [9.17, 15) is 9.59 Å². The largest absolute Gasteiger partial charge is 0.481 e. The first-order chi connectivity index (χ1) is 7.68. The summed E-state index contributed by atoms with van der Waals surface area (Å²) in [5.41, 5.74) is 0. The number of aliphatic carboxylic acids is 1. The van der Waals surface area contributed by atoms with Crippen molar-refractivity contribution in [3.05, 3.63) is 0 Å². The van der Waals surface area contributed by atoms with Gasteiger partial charge in [0.05, 0.1) is 5.92 Å². The molecule has 2 fully saturated rings. The van der Waals surface area contributed by atoms with E-state index in [4.69, 9.17) is 9.84 Å². The molecule has 0 spiro atoms. The van der Waals surface area contributed by atoms with Gasteiger partial charge in [-0.2, -0.15) is 0 Å². The Hall–Kier alpha value is -1.10. The molecule has 0 saturated carbocycles. The van der Waals surface area contributed by atoms with E-state index in [1.54, 1.807) is 4.90 Å². The smallest absolute Gasteiger partial charge is 0.308 e. The summed E-state index contributed by atoms with van der Waals surface area (Å²) in [6, 6.07) is 0.